The molecule has 0 bridgehead atoms. The van der Waals surface area contributed by atoms with Crippen molar-refractivity contribution < 1.29 is 9.53 Å². The third-order valence-electron chi connectivity index (χ3n) is 4.08. The number of piperazine rings is 1. The van der Waals surface area contributed by atoms with Crippen molar-refractivity contribution in [3.63, 3.8) is 0 Å². The molecule has 0 aromatic carbocycles. The molecule has 130 valence electrons. The maximum Gasteiger partial charge on any atom is 0.410 e. The molecule has 0 aromatic rings. The predicted molar refractivity (Wildman–Crippen MR) is 91.2 cm³/mol. The fourth-order valence-corrected chi connectivity index (χ4v) is 2.85. The molecule has 1 unspecified atom stereocenters. The number of ether oxygens (including phenoxy) is 1. The van der Waals surface area contributed by atoms with Gasteiger partial charge in [-0.05, 0) is 47.3 Å². The van der Waals surface area contributed by atoms with Crippen molar-refractivity contribution in [2.45, 2.75) is 59.1 Å². The number of nitrogens with zero attached hydrogens (tertiary/aromatic N) is 3. The van der Waals surface area contributed by atoms with Crippen molar-refractivity contribution in [1.82, 2.24) is 14.7 Å². The number of amides is 1. The third kappa shape index (κ3) is 6.53. The van der Waals surface area contributed by atoms with Crippen LogP contribution in [-0.2, 0) is 4.74 Å². The summed E-state index contributed by atoms with van der Waals surface area (Å²) in [7, 11) is 2.18. The third-order valence-corrected chi connectivity index (χ3v) is 4.08. The predicted octanol–water partition coefficient (Wildman–Crippen LogP) is 2.66. The minimum absolute atomic E-state index is 0.176. The van der Waals surface area contributed by atoms with Crippen molar-refractivity contribution in [2.75, 3.05) is 46.3 Å². The molecule has 1 amide bonds. The smallest absolute Gasteiger partial charge is 0.410 e. The zero-order chi connectivity index (χ0) is 16.8. The molecule has 22 heavy (non-hydrogen) atoms. The summed E-state index contributed by atoms with van der Waals surface area (Å²) in [5, 5.41) is 0. The number of hydrogen-bond acceptors (Lipinski definition) is 4. The summed E-state index contributed by atoms with van der Waals surface area (Å²) < 4.78 is 5.52. The van der Waals surface area contributed by atoms with E-state index in [-0.39, 0.29) is 6.09 Å². The van der Waals surface area contributed by atoms with Crippen molar-refractivity contribution >= 4 is 6.09 Å². The van der Waals surface area contributed by atoms with Gasteiger partial charge < -0.3 is 14.5 Å². The molecule has 0 aliphatic carbocycles. The number of rotatable bonds is 6. The van der Waals surface area contributed by atoms with Gasteiger partial charge in [-0.1, -0.05) is 20.3 Å². The average molecular weight is 313 g/mol. The van der Waals surface area contributed by atoms with Gasteiger partial charge in [0.25, 0.3) is 0 Å². The molecule has 1 saturated heterocycles. The van der Waals surface area contributed by atoms with Gasteiger partial charge in [0, 0.05) is 32.2 Å². The second-order valence-corrected chi connectivity index (χ2v) is 7.32. The Labute approximate surface area is 136 Å². The van der Waals surface area contributed by atoms with Crippen molar-refractivity contribution in [1.29, 1.82) is 0 Å². The highest BCUT2D eigenvalue weighted by molar-refractivity contribution is 5.68. The fourth-order valence-electron chi connectivity index (χ4n) is 2.85. The zero-order valence-electron chi connectivity index (χ0n) is 15.4. The summed E-state index contributed by atoms with van der Waals surface area (Å²) in [6.07, 6.45) is 2.27. The molecule has 1 rings (SSSR count). The standard InChI is InChI=1S/C17H35N3O2/c1-7-9-10-18(6)13-15-14-20(12-11-19(15)8-2)16(21)22-17(3,4)5/h15H,7-14H2,1-6H3. The second kappa shape index (κ2) is 8.73. The number of likely N-dealkylation sites (N-methyl/N-ethyl adjacent to an activating group) is 2. The molecule has 0 radical (unpaired) electrons. The first-order valence-electron chi connectivity index (χ1n) is 8.67. The van der Waals surface area contributed by atoms with Gasteiger partial charge in [0.1, 0.15) is 5.60 Å². The molecular formula is C17H35N3O2. The molecule has 0 spiro atoms. The molecule has 0 saturated carbocycles. The normalized spacial score (nSPS) is 20.5. The summed E-state index contributed by atoms with van der Waals surface area (Å²) in [6.45, 7) is 15.8. The van der Waals surface area contributed by atoms with Crippen LogP contribution in [0.25, 0.3) is 0 Å². The summed E-state index contributed by atoms with van der Waals surface area (Å²) in [5.41, 5.74) is -0.424. The zero-order valence-corrected chi connectivity index (χ0v) is 15.4. The van der Waals surface area contributed by atoms with E-state index in [1.165, 1.54) is 12.8 Å². The highest BCUT2D eigenvalue weighted by Gasteiger charge is 2.31. The molecule has 0 N–H and O–H groups in total. The van der Waals surface area contributed by atoms with Crippen molar-refractivity contribution in [2.24, 2.45) is 0 Å². The van der Waals surface area contributed by atoms with E-state index in [4.69, 9.17) is 4.74 Å². The van der Waals surface area contributed by atoms with E-state index >= 15 is 0 Å². The van der Waals surface area contributed by atoms with Crippen LogP contribution in [0.5, 0.6) is 0 Å². The SMILES string of the molecule is CCCCN(C)CC1CN(C(=O)OC(C)(C)C)CCN1CC. The van der Waals surface area contributed by atoms with Gasteiger partial charge in [-0.3, -0.25) is 4.90 Å². The number of unbranched alkanes of at least 4 members (excludes halogenated alkanes) is 1. The molecule has 0 aromatic heterocycles. The highest BCUT2D eigenvalue weighted by atomic mass is 16.6. The molecule has 5 heteroatoms. The first kappa shape index (κ1) is 19.2. The minimum Gasteiger partial charge on any atom is -0.444 e. The van der Waals surface area contributed by atoms with Crippen molar-refractivity contribution in [3.8, 4) is 0 Å². The van der Waals surface area contributed by atoms with Gasteiger partial charge in [0.15, 0.2) is 0 Å². The Hall–Kier alpha value is -0.810. The van der Waals surface area contributed by atoms with Gasteiger partial charge in [-0.25, -0.2) is 4.79 Å². The van der Waals surface area contributed by atoms with E-state index < -0.39 is 5.60 Å². The van der Waals surface area contributed by atoms with Gasteiger partial charge in [0.05, 0.1) is 0 Å². The summed E-state index contributed by atoms with van der Waals surface area (Å²) in [6, 6.07) is 0.396. The Balaban J connectivity index is 2.59. The largest absolute Gasteiger partial charge is 0.444 e. The van der Waals surface area contributed by atoms with Crippen LogP contribution < -0.4 is 0 Å². The summed E-state index contributed by atoms with van der Waals surface area (Å²) >= 11 is 0. The van der Waals surface area contributed by atoms with Gasteiger partial charge in [0.2, 0.25) is 0 Å². The lowest BCUT2D eigenvalue weighted by Crippen LogP contribution is -2.58. The molecule has 1 fully saturated rings. The Morgan fingerprint density at radius 3 is 2.50 bits per heavy atom. The van der Waals surface area contributed by atoms with Crippen LogP contribution in [0.15, 0.2) is 0 Å². The highest BCUT2D eigenvalue weighted by Crippen LogP contribution is 2.15. The molecule has 5 nitrogen and oxygen atoms in total. The first-order chi connectivity index (χ1) is 10.3. The Morgan fingerprint density at radius 1 is 1.27 bits per heavy atom. The quantitative estimate of drug-likeness (QED) is 0.755. The van der Waals surface area contributed by atoms with Crippen LogP contribution in [0.4, 0.5) is 4.79 Å². The molecule has 1 atom stereocenters. The average Bonchev–Trinajstić information content (AvgIpc) is 2.43. The van der Waals surface area contributed by atoms with E-state index in [0.717, 1.165) is 39.3 Å². The van der Waals surface area contributed by atoms with E-state index in [9.17, 15) is 4.79 Å². The monoisotopic (exact) mass is 313 g/mol. The Bertz CT molecular complexity index is 341. The van der Waals surface area contributed by atoms with E-state index in [1.54, 1.807) is 0 Å². The van der Waals surface area contributed by atoms with Gasteiger partial charge in [-0.2, -0.15) is 0 Å². The van der Waals surface area contributed by atoms with Crippen LogP contribution in [0.2, 0.25) is 0 Å². The molecule has 1 aliphatic heterocycles. The molecule has 1 aliphatic rings. The lowest BCUT2D eigenvalue weighted by molar-refractivity contribution is 0.000870. The van der Waals surface area contributed by atoms with Crippen LogP contribution >= 0.6 is 0 Å². The number of hydrogen-bond donors (Lipinski definition) is 0. The first-order valence-corrected chi connectivity index (χ1v) is 8.67. The van der Waals surface area contributed by atoms with Crippen LogP contribution in [0.1, 0.15) is 47.5 Å². The number of carbonyl (C=O) groups excluding carboxylic acids is 1. The molecule has 1 heterocycles. The second-order valence-electron chi connectivity index (χ2n) is 7.32. The number of carbonyl (C=O) groups is 1. The van der Waals surface area contributed by atoms with E-state index in [2.05, 4.69) is 30.7 Å². The fraction of sp³-hybridized carbons (Fsp3) is 0.941. The van der Waals surface area contributed by atoms with Gasteiger partial charge >= 0.3 is 6.09 Å². The minimum atomic E-state index is -0.424. The van der Waals surface area contributed by atoms with Gasteiger partial charge in [-0.15, -0.1) is 0 Å². The van der Waals surface area contributed by atoms with E-state index in [0.29, 0.717) is 6.04 Å². The van der Waals surface area contributed by atoms with Crippen LogP contribution in [-0.4, -0.2) is 78.8 Å². The lowest BCUT2D eigenvalue weighted by atomic mass is 10.1. The summed E-state index contributed by atoms with van der Waals surface area (Å²) in [4.78, 5) is 19.0. The Morgan fingerprint density at radius 2 is 1.95 bits per heavy atom. The summed E-state index contributed by atoms with van der Waals surface area (Å²) in [5.74, 6) is 0. The van der Waals surface area contributed by atoms with E-state index in [1.807, 2.05) is 25.7 Å². The van der Waals surface area contributed by atoms with Crippen LogP contribution in [0, 0.1) is 0 Å². The van der Waals surface area contributed by atoms with Crippen LogP contribution in [0.3, 0.4) is 0 Å². The maximum absolute atomic E-state index is 12.3. The Kier molecular flexibility index (Phi) is 7.63. The van der Waals surface area contributed by atoms with Crippen molar-refractivity contribution in [3.05, 3.63) is 0 Å². The maximum atomic E-state index is 12.3. The topological polar surface area (TPSA) is 36.0 Å². The lowest BCUT2D eigenvalue weighted by Gasteiger charge is -2.42. The molecular weight excluding hydrogens is 278 g/mol.